The average molecular weight is 526 g/mol. The second kappa shape index (κ2) is 12.2. The lowest BCUT2D eigenvalue weighted by Gasteiger charge is -2.34. The molecule has 3 saturated heterocycles. The van der Waals surface area contributed by atoms with E-state index in [2.05, 4.69) is 10.6 Å². The molecule has 0 aromatic heterocycles. The van der Waals surface area contributed by atoms with E-state index in [4.69, 9.17) is 4.74 Å². The molecule has 206 valence electrons. The minimum Gasteiger partial charge on any atom is -0.365 e. The SMILES string of the molecule is CC1(C)CC(=O)[C@H](CCCCCC(=O)[C@@H]2CO2)NC(=O)[C@H]2CCCN2C(=O)[C@H](Cc2ccccc2)NC1=O. The lowest BCUT2D eigenvalue weighted by Crippen LogP contribution is -2.58. The summed E-state index contributed by atoms with van der Waals surface area (Å²) in [5.74, 6) is -1.04. The highest BCUT2D eigenvalue weighted by Crippen LogP contribution is 2.26. The molecule has 0 bridgehead atoms. The van der Waals surface area contributed by atoms with Crippen LogP contribution in [-0.4, -0.2) is 71.6 Å². The molecule has 3 heterocycles. The number of carbonyl (C=O) groups excluding carboxylic acids is 5. The van der Waals surface area contributed by atoms with E-state index in [9.17, 15) is 24.0 Å². The molecule has 0 aliphatic carbocycles. The van der Waals surface area contributed by atoms with E-state index in [1.165, 1.54) is 0 Å². The third kappa shape index (κ3) is 7.07. The van der Waals surface area contributed by atoms with Crippen LogP contribution < -0.4 is 10.6 Å². The van der Waals surface area contributed by atoms with Crippen molar-refractivity contribution in [1.82, 2.24) is 15.5 Å². The van der Waals surface area contributed by atoms with Gasteiger partial charge in [0.25, 0.3) is 0 Å². The van der Waals surface area contributed by atoms with Gasteiger partial charge in [-0.2, -0.15) is 0 Å². The summed E-state index contributed by atoms with van der Waals surface area (Å²) < 4.78 is 5.02. The van der Waals surface area contributed by atoms with Crippen molar-refractivity contribution in [2.45, 2.75) is 95.9 Å². The van der Waals surface area contributed by atoms with E-state index in [0.29, 0.717) is 58.1 Å². The van der Waals surface area contributed by atoms with Gasteiger partial charge in [0.15, 0.2) is 11.6 Å². The molecule has 0 spiro atoms. The van der Waals surface area contributed by atoms with E-state index in [0.717, 1.165) is 12.0 Å². The zero-order valence-electron chi connectivity index (χ0n) is 22.4. The lowest BCUT2D eigenvalue weighted by molar-refractivity contribution is -0.145. The molecule has 2 N–H and O–H groups in total. The van der Waals surface area contributed by atoms with E-state index in [1.54, 1.807) is 18.7 Å². The Labute approximate surface area is 224 Å². The van der Waals surface area contributed by atoms with E-state index in [-0.39, 0.29) is 41.8 Å². The lowest BCUT2D eigenvalue weighted by atomic mass is 9.83. The normalized spacial score (nSPS) is 27.6. The fourth-order valence-corrected chi connectivity index (χ4v) is 5.35. The van der Waals surface area contributed by atoms with Crippen LogP contribution in [0.1, 0.15) is 70.8 Å². The van der Waals surface area contributed by atoms with Crippen molar-refractivity contribution in [3.8, 4) is 0 Å². The van der Waals surface area contributed by atoms with Crippen molar-refractivity contribution in [1.29, 1.82) is 0 Å². The molecule has 9 heteroatoms. The number of hydrogen-bond acceptors (Lipinski definition) is 6. The first kappa shape index (κ1) is 28.0. The molecule has 3 aliphatic heterocycles. The minimum atomic E-state index is -1.06. The number of fused-ring (bicyclic) bond motifs is 1. The minimum absolute atomic E-state index is 0.0537. The van der Waals surface area contributed by atoms with Gasteiger partial charge in [-0.05, 0) is 31.2 Å². The fourth-order valence-electron chi connectivity index (χ4n) is 5.35. The number of Topliss-reactive ketones (excluding diaryl/α,β-unsaturated/α-hetero) is 2. The molecular weight excluding hydrogens is 486 g/mol. The van der Waals surface area contributed by atoms with Crippen LogP contribution in [0, 0.1) is 5.41 Å². The number of epoxide rings is 1. The van der Waals surface area contributed by atoms with Gasteiger partial charge in [0.05, 0.1) is 18.1 Å². The third-order valence-corrected chi connectivity index (χ3v) is 7.77. The Kier molecular flexibility index (Phi) is 8.97. The standard InChI is InChI=1S/C29H39N3O6/c1-29(2)17-24(34)20(12-7-4-8-14-23(33)25-18-38-25)30-26(35)22-13-9-15-32(22)27(36)21(31-28(29)37)16-19-10-5-3-6-11-19/h3,5-6,10-11,20-22,25H,4,7-9,12-18H2,1-2H3,(H,30,35)(H,31,37)/t20-,21-,22+,25-/m0/s1. The number of ether oxygens (including phenoxy) is 1. The van der Waals surface area contributed by atoms with Crippen molar-refractivity contribution < 1.29 is 28.7 Å². The molecule has 38 heavy (non-hydrogen) atoms. The summed E-state index contributed by atoms with van der Waals surface area (Å²) in [6.07, 6.45) is 4.20. The number of rotatable bonds is 9. The van der Waals surface area contributed by atoms with E-state index >= 15 is 0 Å². The second-order valence-corrected chi connectivity index (χ2v) is 11.4. The zero-order chi connectivity index (χ0) is 27.3. The molecule has 9 nitrogen and oxygen atoms in total. The third-order valence-electron chi connectivity index (χ3n) is 7.77. The summed E-state index contributed by atoms with van der Waals surface area (Å²) in [7, 11) is 0. The first-order valence-corrected chi connectivity index (χ1v) is 13.8. The van der Waals surface area contributed by atoms with E-state index in [1.807, 2.05) is 30.3 Å². The number of carbonyl (C=O) groups is 5. The van der Waals surface area contributed by atoms with Crippen LogP contribution in [0.5, 0.6) is 0 Å². The predicted molar refractivity (Wildman–Crippen MR) is 140 cm³/mol. The molecule has 1 aromatic rings. The maximum absolute atomic E-state index is 13.7. The molecule has 0 saturated carbocycles. The van der Waals surface area contributed by atoms with Crippen molar-refractivity contribution >= 4 is 29.3 Å². The number of benzene rings is 1. The Hall–Kier alpha value is -3.07. The Morgan fingerprint density at radius 3 is 2.47 bits per heavy atom. The van der Waals surface area contributed by atoms with Crippen LogP contribution in [-0.2, 0) is 35.1 Å². The van der Waals surface area contributed by atoms with E-state index < -0.39 is 23.5 Å². The molecule has 3 fully saturated rings. The van der Waals surface area contributed by atoms with Gasteiger partial charge in [0.2, 0.25) is 17.7 Å². The van der Waals surface area contributed by atoms with Gasteiger partial charge in [0, 0.05) is 25.8 Å². The topological polar surface area (TPSA) is 125 Å². The maximum Gasteiger partial charge on any atom is 0.246 e. The van der Waals surface area contributed by atoms with Gasteiger partial charge in [0.1, 0.15) is 18.2 Å². The van der Waals surface area contributed by atoms with Crippen LogP contribution in [0.4, 0.5) is 0 Å². The van der Waals surface area contributed by atoms with Crippen LogP contribution >= 0.6 is 0 Å². The highest BCUT2D eigenvalue weighted by molar-refractivity contribution is 5.98. The highest BCUT2D eigenvalue weighted by atomic mass is 16.6. The van der Waals surface area contributed by atoms with Crippen molar-refractivity contribution in [2.75, 3.05) is 13.2 Å². The smallest absolute Gasteiger partial charge is 0.246 e. The number of hydrogen-bond donors (Lipinski definition) is 2. The first-order chi connectivity index (χ1) is 18.2. The molecule has 0 unspecified atom stereocenters. The zero-order valence-corrected chi connectivity index (χ0v) is 22.4. The van der Waals surface area contributed by atoms with Gasteiger partial charge < -0.3 is 20.3 Å². The number of nitrogens with one attached hydrogen (secondary N) is 2. The quantitative estimate of drug-likeness (QED) is 0.376. The average Bonchev–Trinajstić information content (AvgIpc) is 3.62. The van der Waals surface area contributed by atoms with Crippen molar-refractivity contribution in [2.24, 2.45) is 5.41 Å². The van der Waals surface area contributed by atoms with Crippen molar-refractivity contribution in [3.05, 3.63) is 35.9 Å². The summed E-state index contributed by atoms with van der Waals surface area (Å²) in [6, 6.07) is 7.21. The Morgan fingerprint density at radius 2 is 1.76 bits per heavy atom. The Bertz CT molecular complexity index is 1050. The van der Waals surface area contributed by atoms with Gasteiger partial charge >= 0.3 is 0 Å². The first-order valence-electron chi connectivity index (χ1n) is 13.8. The molecule has 4 rings (SSSR count). The van der Waals surface area contributed by atoms with Crippen LogP contribution in [0.2, 0.25) is 0 Å². The monoisotopic (exact) mass is 525 g/mol. The van der Waals surface area contributed by atoms with Crippen LogP contribution in [0.3, 0.4) is 0 Å². The second-order valence-electron chi connectivity index (χ2n) is 11.4. The number of nitrogens with zero attached hydrogens (tertiary/aromatic N) is 1. The molecule has 3 amide bonds. The number of amides is 3. The predicted octanol–water partition coefficient (Wildman–Crippen LogP) is 2.11. The Morgan fingerprint density at radius 1 is 1.03 bits per heavy atom. The highest BCUT2D eigenvalue weighted by Gasteiger charge is 2.42. The molecule has 1 aromatic carbocycles. The van der Waals surface area contributed by atoms with Gasteiger partial charge in [-0.3, -0.25) is 24.0 Å². The summed E-state index contributed by atoms with van der Waals surface area (Å²) in [4.78, 5) is 67.2. The van der Waals surface area contributed by atoms with Gasteiger partial charge in [-0.1, -0.05) is 57.0 Å². The number of ketones is 2. The summed E-state index contributed by atoms with van der Waals surface area (Å²) in [6.45, 7) is 4.33. The number of unbranched alkanes of at least 4 members (excludes halogenated alkanes) is 2. The largest absolute Gasteiger partial charge is 0.365 e. The summed E-state index contributed by atoms with van der Waals surface area (Å²) in [5, 5.41) is 5.84. The Balaban J connectivity index is 1.48. The maximum atomic E-state index is 13.7. The van der Waals surface area contributed by atoms with Gasteiger partial charge in [-0.25, -0.2) is 0 Å². The molecule has 0 radical (unpaired) electrons. The van der Waals surface area contributed by atoms with Crippen molar-refractivity contribution in [3.63, 3.8) is 0 Å². The molecule has 4 atom stereocenters. The molecule has 3 aliphatic rings. The van der Waals surface area contributed by atoms with Gasteiger partial charge in [-0.15, -0.1) is 0 Å². The molecular formula is C29H39N3O6. The summed E-state index contributed by atoms with van der Waals surface area (Å²) in [5.41, 5.74) is -0.158. The van der Waals surface area contributed by atoms with Crippen LogP contribution in [0.25, 0.3) is 0 Å². The van der Waals surface area contributed by atoms with Crippen LogP contribution in [0.15, 0.2) is 30.3 Å². The fraction of sp³-hybridized carbons (Fsp3) is 0.621. The summed E-state index contributed by atoms with van der Waals surface area (Å²) >= 11 is 0.